The van der Waals surface area contributed by atoms with Crippen LogP contribution in [0.3, 0.4) is 0 Å². The number of halogens is 1. The molecule has 0 aliphatic rings. The van der Waals surface area contributed by atoms with Gasteiger partial charge in [0.2, 0.25) is 5.75 Å². The van der Waals surface area contributed by atoms with E-state index in [1.54, 1.807) is 12.1 Å². The zero-order valence-electron chi connectivity index (χ0n) is 12.1. The molecule has 0 unspecified atom stereocenters. The molecule has 0 saturated heterocycles. The Morgan fingerprint density at radius 2 is 1.90 bits per heavy atom. The smallest absolute Gasteiger partial charge is 0.312 e. The van der Waals surface area contributed by atoms with Crippen LogP contribution in [0.2, 0.25) is 0 Å². The second-order valence-electron chi connectivity index (χ2n) is 5.14. The Bertz CT molecular complexity index is 683. The first-order valence-corrected chi connectivity index (χ1v) is 7.40. The van der Waals surface area contributed by atoms with E-state index >= 15 is 0 Å². The quantitative estimate of drug-likeness (QED) is 0.534. The van der Waals surface area contributed by atoms with E-state index in [1.807, 2.05) is 25.1 Å². The van der Waals surface area contributed by atoms with Crippen molar-refractivity contribution in [1.82, 2.24) is 0 Å². The fraction of sp³-hybridized carbons (Fsp3) is 0.250. The molecule has 0 fully saturated rings. The lowest BCUT2D eigenvalue weighted by Gasteiger charge is -2.12. The fourth-order valence-corrected chi connectivity index (χ4v) is 2.55. The Balaban J connectivity index is 2.35. The number of hydrogen-bond donors (Lipinski definition) is 0. The van der Waals surface area contributed by atoms with Crippen molar-refractivity contribution in [3.63, 3.8) is 0 Å². The van der Waals surface area contributed by atoms with Gasteiger partial charge in [0.1, 0.15) is 5.75 Å². The second kappa shape index (κ2) is 6.26. The van der Waals surface area contributed by atoms with E-state index < -0.39 is 4.92 Å². The zero-order valence-corrected chi connectivity index (χ0v) is 13.7. The van der Waals surface area contributed by atoms with Crippen LogP contribution in [0.1, 0.15) is 30.9 Å². The number of hydrogen-bond acceptors (Lipinski definition) is 3. The Hall–Kier alpha value is -1.88. The average Bonchev–Trinajstić information content (AvgIpc) is 2.40. The molecular weight excluding hydrogens is 334 g/mol. The predicted molar refractivity (Wildman–Crippen MR) is 86.1 cm³/mol. The maximum Gasteiger partial charge on any atom is 0.312 e. The lowest BCUT2D eigenvalue weighted by atomic mass is 9.98. The largest absolute Gasteiger partial charge is 0.450 e. The summed E-state index contributed by atoms with van der Waals surface area (Å²) in [4.78, 5) is 10.6. The van der Waals surface area contributed by atoms with Crippen LogP contribution in [0, 0.1) is 17.0 Å². The summed E-state index contributed by atoms with van der Waals surface area (Å²) in [7, 11) is 0. The Kier molecular flexibility index (Phi) is 4.63. The van der Waals surface area contributed by atoms with Gasteiger partial charge < -0.3 is 4.74 Å². The number of nitro groups is 1. The molecule has 0 aromatic heterocycles. The van der Waals surface area contributed by atoms with Gasteiger partial charge in [0, 0.05) is 10.5 Å². The van der Waals surface area contributed by atoms with Gasteiger partial charge >= 0.3 is 5.69 Å². The number of aryl methyl sites for hydroxylation is 1. The van der Waals surface area contributed by atoms with Gasteiger partial charge in [0.25, 0.3) is 0 Å². The van der Waals surface area contributed by atoms with Crippen LogP contribution < -0.4 is 4.74 Å². The number of benzene rings is 2. The number of rotatable bonds is 4. The van der Waals surface area contributed by atoms with Gasteiger partial charge in [-0.2, -0.15) is 0 Å². The Morgan fingerprint density at radius 3 is 2.48 bits per heavy atom. The summed E-state index contributed by atoms with van der Waals surface area (Å²) >= 11 is 3.23. The summed E-state index contributed by atoms with van der Waals surface area (Å²) in [5.41, 5.74) is 2.30. The SMILES string of the molecule is Cc1cc(Oc2ccc(Br)cc2[N+](=O)[O-])ccc1C(C)C. The van der Waals surface area contributed by atoms with Crippen LogP contribution in [0.15, 0.2) is 40.9 Å². The van der Waals surface area contributed by atoms with Crippen LogP contribution in [-0.2, 0) is 0 Å². The van der Waals surface area contributed by atoms with Crippen molar-refractivity contribution in [3.05, 3.63) is 62.1 Å². The van der Waals surface area contributed by atoms with E-state index in [0.29, 0.717) is 16.1 Å². The molecule has 110 valence electrons. The molecule has 2 rings (SSSR count). The van der Waals surface area contributed by atoms with Gasteiger partial charge in [0.15, 0.2) is 0 Å². The third kappa shape index (κ3) is 3.61. The minimum atomic E-state index is -0.449. The van der Waals surface area contributed by atoms with Gasteiger partial charge in [-0.1, -0.05) is 35.8 Å². The standard InChI is InChI=1S/C16H16BrNO3/c1-10(2)14-6-5-13(8-11(14)3)21-16-7-4-12(17)9-15(16)18(19)20/h4-10H,1-3H3. The summed E-state index contributed by atoms with van der Waals surface area (Å²) in [6.07, 6.45) is 0. The highest BCUT2D eigenvalue weighted by Crippen LogP contribution is 2.34. The zero-order chi connectivity index (χ0) is 15.6. The number of nitro benzene ring substituents is 1. The molecule has 4 nitrogen and oxygen atoms in total. The normalized spacial score (nSPS) is 10.7. The van der Waals surface area contributed by atoms with E-state index in [9.17, 15) is 10.1 Å². The third-order valence-electron chi connectivity index (χ3n) is 3.21. The predicted octanol–water partition coefficient (Wildman–Crippen LogP) is 5.58. The van der Waals surface area contributed by atoms with Crippen LogP contribution in [0.5, 0.6) is 11.5 Å². The second-order valence-corrected chi connectivity index (χ2v) is 6.06. The van der Waals surface area contributed by atoms with Crippen molar-refractivity contribution in [2.24, 2.45) is 0 Å². The van der Waals surface area contributed by atoms with E-state index in [-0.39, 0.29) is 11.4 Å². The molecule has 0 aliphatic carbocycles. The van der Waals surface area contributed by atoms with E-state index in [1.165, 1.54) is 11.6 Å². The van der Waals surface area contributed by atoms with Gasteiger partial charge in [-0.15, -0.1) is 0 Å². The van der Waals surface area contributed by atoms with E-state index in [0.717, 1.165) is 5.56 Å². The summed E-state index contributed by atoms with van der Waals surface area (Å²) in [6, 6.07) is 10.5. The highest BCUT2D eigenvalue weighted by molar-refractivity contribution is 9.10. The molecule has 0 N–H and O–H groups in total. The average molecular weight is 350 g/mol. The van der Waals surface area contributed by atoms with Crippen LogP contribution in [0.4, 0.5) is 5.69 Å². The lowest BCUT2D eigenvalue weighted by molar-refractivity contribution is -0.385. The topological polar surface area (TPSA) is 52.4 Å². The minimum absolute atomic E-state index is 0.0602. The van der Waals surface area contributed by atoms with Crippen LogP contribution >= 0.6 is 15.9 Å². The highest BCUT2D eigenvalue weighted by atomic mass is 79.9. The first kappa shape index (κ1) is 15.5. The molecule has 2 aromatic rings. The lowest BCUT2D eigenvalue weighted by Crippen LogP contribution is -1.95. The fourth-order valence-electron chi connectivity index (χ4n) is 2.21. The van der Waals surface area contributed by atoms with Crippen molar-refractivity contribution < 1.29 is 9.66 Å². The molecular formula is C16H16BrNO3. The Labute approximate surface area is 132 Å². The first-order chi connectivity index (χ1) is 9.88. The van der Waals surface area contributed by atoms with Gasteiger partial charge in [0.05, 0.1) is 4.92 Å². The Morgan fingerprint density at radius 1 is 1.19 bits per heavy atom. The van der Waals surface area contributed by atoms with Crippen molar-refractivity contribution >= 4 is 21.6 Å². The monoisotopic (exact) mass is 349 g/mol. The third-order valence-corrected chi connectivity index (χ3v) is 3.70. The van der Waals surface area contributed by atoms with Crippen molar-refractivity contribution in [3.8, 4) is 11.5 Å². The molecule has 2 aromatic carbocycles. The van der Waals surface area contributed by atoms with Gasteiger partial charge in [-0.3, -0.25) is 10.1 Å². The highest BCUT2D eigenvalue weighted by Gasteiger charge is 2.16. The number of nitrogens with zero attached hydrogens (tertiary/aromatic N) is 1. The van der Waals surface area contributed by atoms with Gasteiger partial charge in [-0.25, -0.2) is 0 Å². The summed E-state index contributed by atoms with van der Waals surface area (Å²) in [5.74, 6) is 1.27. The molecule has 0 amide bonds. The molecule has 0 spiro atoms. The minimum Gasteiger partial charge on any atom is -0.450 e. The molecule has 0 heterocycles. The summed E-state index contributed by atoms with van der Waals surface area (Å²) in [6.45, 7) is 6.27. The molecule has 5 heteroatoms. The van der Waals surface area contributed by atoms with Crippen molar-refractivity contribution in [2.45, 2.75) is 26.7 Å². The molecule has 0 saturated carbocycles. The summed E-state index contributed by atoms with van der Waals surface area (Å²) < 4.78 is 6.33. The van der Waals surface area contributed by atoms with E-state index in [2.05, 4.69) is 29.8 Å². The maximum atomic E-state index is 11.1. The molecule has 21 heavy (non-hydrogen) atoms. The summed E-state index contributed by atoms with van der Waals surface area (Å²) in [5, 5.41) is 11.1. The van der Waals surface area contributed by atoms with Crippen LogP contribution in [-0.4, -0.2) is 4.92 Å². The van der Waals surface area contributed by atoms with Crippen LogP contribution in [0.25, 0.3) is 0 Å². The van der Waals surface area contributed by atoms with Gasteiger partial charge in [-0.05, 0) is 48.2 Å². The maximum absolute atomic E-state index is 11.1. The van der Waals surface area contributed by atoms with Crippen molar-refractivity contribution in [2.75, 3.05) is 0 Å². The first-order valence-electron chi connectivity index (χ1n) is 6.61. The van der Waals surface area contributed by atoms with Crippen molar-refractivity contribution in [1.29, 1.82) is 0 Å². The molecule has 0 bridgehead atoms. The number of ether oxygens (including phenoxy) is 1. The molecule has 0 radical (unpaired) electrons. The van der Waals surface area contributed by atoms with E-state index in [4.69, 9.17) is 4.74 Å². The molecule has 0 aliphatic heterocycles. The molecule has 0 atom stereocenters.